The van der Waals surface area contributed by atoms with E-state index in [0.29, 0.717) is 33.6 Å². The standard InChI is InChI=1S/C26H30N6O10S.C12H12N2O5S/c1-4-32-25(36)22(24(27)35)15(3)23(26(32)37)31-28-16-5-6-17(21(12-16)43(38,39)40)29-30-18-13-19(41-9-7-33)14(2)11-20(18)42-10-8-34;1-6-3-7-5-9(20-19-18-17)11(14-13-2)12(16)10(7)8(15)4-6/h5-6,11-13,33-34,36H,4,7-10H2,1-3H3,(H2,27,35)(H,38,39,40);3-5,15-17H,1-2H3. The van der Waals surface area contributed by atoms with Crippen molar-refractivity contribution >= 4 is 67.3 Å². The maximum absolute atomic E-state index is 12.8. The Morgan fingerprint density at radius 3 is 2.13 bits per heavy atom. The quantitative estimate of drug-likeness (QED) is 0.0156. The number of phenols is 2. The molecule has 0 saturated carbocycles. The van der Waals surface area contributed by atoms with Gasteiger partial charge in [0.2, 0.25) is 5.88 Å². The van der Waals surface area contributed by atoms with Gasteiger partial charge in [0, 0.05) is 25.2 Å². The summed E-state index contributed by atoms with van der Waals surface area (Å²) in [6, 6.07) is 11.4. The van der Waals surface area contributed by atoms with Crippen molar-refractivity contribution < 1.29 is 67.4 Å². The van der Waals surface area contributed by atoms with Gasteiger partial charge in [-0.1, -0.05) is 11.1 Å². The Morgan fingerprint density at radius 1 is 0.857 bits per heavy atom. The first-order valence-electron chi connectivity index (χ1n) is 18.2. The lowest BCUT2D eigenvalue weighted by Gasteiger charge is -2.13. The molecule has 0 radical (unpaired) electrons. The molecule has 1 aromatic heterocycles. The molecule has 0 fully saturated rings. The summed E-state index contributed by atoms with van der Waals surface area (Å²) in [6.07, 6.45) is 0. The highest BCUT2D eigenvalue weighted by Crippen LogP contribution is 2.46. The van der Waals surface area contributed by atoms with E-state index in [4.69, 9.17) is 30.7 Å². The molecule has 5 aromatic rings. The van der Waals surface area contributed by atoms with E-state index in [1.165, 1.54) is 38.2 Å². The van der Waals surface area contributed by atoms with Crippen LogP contribution in [0.3, 0.4) is 0 Å². The number of benzene rings is 4. The van der Waals surface area contributed by atoms with Gasteiger partial charge in [0.25, 0.3) is 21.6 Å². The molecule has 0 spiro atoms. The number of hydrogen-bond acceptors (Lipinski definition) is 21. The molecular weight excluding hydrogens is 873 g/mol. The van der Waals surface area contributed by atoms with E-state index in [2.05, 4.69) is 40.1 Å². The number of ether oxygens (including phenoxy) is 2. The van der Waals surface area contributed by atoms with Crippen LogP contribution in [0.25, 0.3) is 10.8 Å². The number of hydrogen-bond donors (Lipinski definition) is 8. The van der Waals surface area contributed by atoms with Crippen molar-refractivity contribution in [3.05, 3.63) is 81.1 Å². The van der Waals surface area contributed by atoms with Gasteiger partial charge < -0.3 is 40.7 Å². The number of aliphatic hydroxyl groups excluding tert-OH is 2. The van der Waals surface area contributed by atoms with Crippen LogP contribution in [0.5, 0.6) is 28.9 Å². The Labute approximate surface area is 362 Å². The fourth-order valence-corrected chi connectivity index (χ4v) is 6.95. The first-order chi connectivity index (χ1) is 29.9. The monoisotopic (exact) mass is 914 g/mol. The van der Waals surface area contributed by atoms with Crippen LogP contribution in [-0.2, 0) is 26.0 Å². The minimum atomic E-state index is -4.88. The molecule has 0 aliphatic carbocycles. The SMILES string of the molecule is CCn1c(O)c(C(N)=O)c(C)c(N=Nc2ccc(N=Nc3cc(OCCO)c(C)cc3OCCO)c(S(=O)(=O)O)c2)c1=O.CN=Nc1c(SOOO)cc2cc(C)cc(O)c2c1O. The van der Waals surface area contributed by atoms with Gasteiger partial charge in [-0.2, -0.15) is 23.8 Å². The molecule has 336 valence electrons. The smallest absolute Gasteiger partial charge is 0.296 e. The maximum Gasteiger partial charge on any atom is 0.296 e. The Balaban J connectivity index is 0.000000361. The van der Waals surface area contributed by atoms with Crippen LogP contribution in [0.1, 0.15) is 34.0 Å². The number of rotatable bonds is 17. The summed E-state index contributed by atoms with van der Waals surface area (Å²) in [6.45, 7) is 5.81. The fourth-order valence-electron chi connectivity index (χ4n) is 5.82. The lowest BCUT2D eigenvalue weighted by atomic mass is 10.0. The van der Waals surface area contributed by atoms with Crippen molar-refractivity contribution in [2.75, 3.05) is 33.5 Å². The number of pyridine rings is 1. The molecule has 5 rings (SSSR count). The normalized spacial score (nSPS) is 11.8. The van der Waals surface area contributed by atoms with E-state index in [-0.39, 0.29) is 95.2 Å². The van der Waals surface area contributed by atoms with Gasteiger partial charge in [0.1, 0.15) is 58.0 Å². The second-order valence-electron chi connectivity index (χ2n) is 12.8. The van der Waals surface area contributed by atoms with Crippen LogP contribution < -0.4 is 20.8 Å². The molecule has 0 aliphatic rings. The zero-order chi connectivity index (χ0) is 46.6. The number of carbonyl (C=O) groups excluding carboxylic acids is 1. The van der Waals surface area contributed by atoms with Crippen molar-refractivity contribution in [2.24, 2.45) is 36.4 Å². The summed E-state index contributed by atoms with van der Waals surface area (Å²) >= 11 is 0.660. The molecule has 0 bridgehead atoms. The summed E-state index contributed by atoms with van der Waals surface area (Å²) in [7, 11) is -3.44. The van der Waals surface area contributed by atoms with Gasteiger partial charge >= 0.3 is 0 Å². The first-order valence-corrected chi connectivity index (χ1v) is 20.4. The van der Waals surface area contributed by atoms with Crippen molar-refractivity contribution in [1.82, 2.24) is 4.57 Å². The maximum atomic E-state index is 12.8. The van der Waals surface area contributed by atoms with Crippen LogP contribution in [0.4, 0.5) is 28.4 Å². The molecule has 1 amide bonds. The molecule has 1 heterocycles. The number of primary amides is 1. The molecule has 0 unspecified atom stereocenters. The van der Waals surface area contributed by atoms with Crippen molar-refractivity contribution in [3.63, 3.8) is 0 Å². The number of amides is 1. The minimum Gasteiger partial charge on any atom is -0.507 e. The summed E-state index contributed by atoms with van der Waals surface area (Å²) in [5, 5.41) is 84.5. The topological polar surface area (TPSA) is 352 Å². The molecule has 0 saturated heterocycles. The number of nitrogens with zero attached hydrogens (tertiary/aromatic N) is 7. The van der Waals surface area contributed by atoms with E-state index in [9.17, 15) is 37.9 Å². The first kappa shape index (κ1) is 49.1. The molecular formula is C38H42N8O15S2. The van der Waals surface area contributed by atoms with Crippen LogP contribution in [0, 0.1) is 20.8 Å². The Morgan fingerprint density at radius 2 is 1.52 bits per heavy atom. The van der Waals surface area contributed by atoms with Gasteiger partial charge in [-0.3, -0.25) is 18.7 Å². The Hall–Kier alpha value is -6.58. The van der Waals surface area contributed by atoms with Gasteiger partial charge in [0.05, 0.1) is 41.2 Å². The second-order valence-corrected chi connectivity index (χ2v) is 15.0. The number of aromatic hydroxyl groups is 3. The van der Waals surface area contributed by atoms with Crippen molar-refractivity contribution in [2.45, 2.75) is 44.0 Å². The Bertz CT molecular complexity index is 2760. The average Bonchev–Trinajstić information content (AvgIpc) is 3.22. The summed E-state index contributed by atoms with van der Waals surface area (Å²) in [4.78, 5) is 24.4. The summed E-state index contributed by atoms with van der Waals surface area (Å²) in [5.74, 6) is -1.36. The van der Waals surface area contributed by atoms with E-state index in [1.807, 2.05) is 6.92 Å². The third-order valence-corrected chi connectivity index (χ3v) is 10.1. The van der Waals surface area contributed by atoms with Crippen LogP contribution >= 0.6 is 12.0 Å². The Kier molecular flexibility index (Phi) is 17.1. The van der Waals surface area contributed by atoms with Gasteiger partial charge in [-0.05, 0) is 80.6 Å². The van der Waals surface area contributed by atoms with E-state index < -0.39 is 32.4 Å². The second kappa shape index (κ2) is 22.0. The number of phenolic OH excluding ortho intramolecular Hbond substituents is 2. The zero-order valence-electron chi connectivity index (χ0n) is 34.1. The van der Waals surface area contributed by atoms with E-state index in [0.717, 1.165) is 16.2 Å². The number of nitrogens with two attached hydrogens (primary N) is 1. The molecule has 0 atom stereocenters. The minimum absolute atomic E-state index is 0.00300. The number of fused-ring (bicyclic) bond motifs is 1. The summed E-state index contributed by atoms with van der Waals surface area (Å²) in [5.41, 5.74) is 5.15. The number of aromatic nitrogens is 1. The fraction of sp³-hybridized carbons (Fsp3) is 0.263. The highest BCUT2D eigenvalue weighted by atomic mass is 32.2. The van der Waals surface area contributed by atoms with Gasteiger partial charge in [0.15, 0.2) is 11.4 Å². The number of aryl methyl sites for hydroxylation is 2. The number of azo groups is 3. The van der Waals surface area contributed by atoms with E-state index >= 15 is 0 Å². The van der Waals surface area contributed by atoms with Gasteiger partial charge in [-0.25, -0.2) is 5.26 Å². The zero-order valence-corrected chi connectivity index (χ0v) is 35.7. The van der Waals surface area contributed by atoms with Crippen LogP contribution in [0.15, 0.2) is 93.8 Å². The van der Waals surface area contributed by atoms with Crippen LogP contribution in [-0.4, -0.2) is 87.7 Å². The largest absolute Gasteiger partial charge is 0.507 e. The predicted octanol–water partition coefficient (Wildman–Crippen LogP) is 6.81. The third kappa shape index (κ3) is 11.9. The van der Waals surface area contributed by atoms with Crippen molar-refractivity contribution in [3.8, 4) is 28.9 Å². The molecule has 25 heteroatoms. The molecule has 23 nitrogen and oxygen atoms in total. The predicted molar refractivity (Wildman–Crippen MR) is 225 cm³/mol. The highest BCUT2D eigenvalue weighted by molar-refractivity contribution is 7.94. The lowest BCUT2D eigenvalue weighted by molar-refractivity contribution is -0.432. The lowest BCUT2D eigenvalue weighted by Crippen LogP contribution is -2.25. The molecule has 0 aliphatic heterocycles. The van der Waals surface area contributed by atoms with Gasteiger partial charge in [-0.15, -0.1) is 19.7 Å². The number of aliphatic hydroxyl groups is 2. The van der Waals surface area contributed by atoms with Crippen LogP contribution in [0.2, 0.25) is 0 Å². The number of carbonyl (C=O) groups is 1. The highest BCUT2D eigenvalue weighted by Gasteiger charge is 2.23. The molecule has 63 heavy (non-hydrogen) atoms. The van der Waals surface area contributed by atoms with Crippen molar-refractivity contribution in [1.29, 1.82) is 0 Å². The molecule has 4 aromatic carbocycles. The summed E-state index contributed by atoms with van der Waals surface area (Å²) < 4.78 is 50.5. The van der Waals surface area contributed by atoms with E-state index in [1.54, 1.807) is 32.0 Å². The molecule has 9 N–H and O–H groups in total. The third-order valence-electron chi connectivity index (χ3n) is 8.55. The average molecular weight is 915 g/mol.